The summed E-state index contributed by atoms with van der Waals surface area (Å²) in [5.74, 6) is -1.53. The Morgan fingerprint density at radius 1 is 0.805 bits per heavy atom. The van der Waals surface area contributed by atoms with Crippen LogP contribution in [-0.4, -0.2) is 55.7 Å². The molecule has 216 valence electrons. The predicted octanol–water partition coefficient (Wildman–Crippen LogP) is 4.85. The van der Waals surface area contributed by atoms with Crippen molar-refractivity contribution in [2.75, 3.05) is 33.0 Å². The monoisotopic (exact) mass is 557 g/mol. The smallest absolute Gasteiger partial charge is 0.306 e. The number of unbranched alkanes of at least 4 members (excludes halogenated alkanes) is 1. The molecule has 0 saturated carbocycles. The van der Waals surface area contributed by atoms with Gasteiger partial charge >= 0.3 is 5.97 Å². The molecule has 0 spiro atoms. The van der Waals surface area contributed by atoms with E-state index in [-0.39, 0.29) is 43.8 Å². The minimum atomic E-state index is -0.652. The lowest BCUT2D eigenvalue weighted by atomic mass is 9.95. The van der Waals surface area contributed by atoms with E-state index in [9.17, 15) is 14.4 Å². The molecule has 4 rings (SSSR count). The lowest BCUT2D eigenvalue weighted by molar-refractivity contribution is -0.147. The van der Waals surface area contributed by atoms with Crippen LogP contribution in [-0.2, 0) is 30.3 Å². The number of Topliss-reactive ketones (excluding diaryl/α,β-unsaturated/α-hetero) is 1. The molecule has 3 aromatic carbocycles. The minimum absolute atomic E-state index is 0.0505. The number of aliphatic hydroxyl groups is 1. The third-order valence-electron chi connectivity index (χ3n) is 7.38. The van der Waals surface area contributed by atoms with E-state index in [1.54, 1.807) is 0 Å². The lowest BCUT2D eigenvalue weighted by Crippen LogP contribution is -2.37. The third kappa shape index (κ3) is 8.84. The molecule has 0 fully saturated rings. The van der Waals surface area contributed by atoms with Gasteiger partial charge in [-0.15, -0.1) is 0 Å². The normalized spacial score (nSPS) is 12.8. The molecule has 0 heterocycles. The molecule has 3 aromatic rings. The molecule has 0 radical (unpaired) electrons. The van der Waals surface area contributed by atoms with E-state index in [0.29, 0.717) is 38.9 Å². The number of hydrogen-bond donors (Lipinski definition) is 2. The van der Waals surface area contributed by atoms with Gasteiger partial charge in [0.1, 0.15) is 6.61 Å². The van der Waals surface area contributed by atoms with Crippen LogP contribution in [0.15, 0.2) is 78.9 Å². The molecule has 7 nitrogen and oxygen atoms in total. The van der Waals surface area contributed by atoms with Gasteiger partial charge in [-0.3, -0.25) is 14.4 Å². The van der Waals surface area contributed by atoms with Gasteiger partial charge in [0.05, 0.1) is 18.9 Å². The first-order chi connectivity index (χ1) is 20.1. The van der Waals surface area contributed by atoms with Crippen molar-refractivity contribution in [2.45, 2.75) is 44.4 Å². The van der Waals surface area contributed by atoms with Gasteiger partial charge in [0.25, 0.3) is 0 Å². The minimum Gasteiger partial charge on any atom is -0.465 e. The van der Waals surface area contributed by atoms with Gasteiger partial charge in [0.15, 0.2) is 5.78 Å². The number of benzene rings is 3. The van der Waals surface area contributed by atoms with Gasteiger partial charge in [-0.05, 0) is 53.5 Å². The Kier molecular flexibility index (Phi) is 11.7. The largest absolute Gasteiger partial charge is 0.465 e. The molecule has 0 aromatic heterocycles. The summed E-state index contributed by atoms with van der Waals surface area (Å²) in [6, 6.07) is 25.9. The molecular weight excluding hydrogens is 518 g/mol. The highest BCUT2D eigenvalue weighted by Gasteiger charge is 2.30. The zero-order valence-electron chi connectivity index (χ0n) is 23.4. The molecule has 1 atom stereocenters. The maximum Gasteiger partial charge on any atom is 0.306 e. The van der Waals surface area contributed by atoms with Crippen LogP contribution >= 0.6 is 0 Å². The molecule has 1 aliphatic carbocycles. The number of hydrogen-bond acceptors (Lipinski definition) is 6. The Balaban J connectivity index is 1.30. The average molecular weight is 558 g/mol. The molecule has 7 heteroatoms. The summed E-state index contributed by atoms with van der Waals surface area (Å²) in [5.41, 5.74) is 5.52. The number of fused-ring (bicyclic) bond motifs is 3. The fourth-order valence-corrected chi connectivity index (χ4v) is 5.25. The Hall–Kier alpha value is -3.81. The van der Waals surface area contributed by atoms with Gasteiger partial charge in [-0.2, -0.15) is 0 Å². The molecule has 2 N–H and O–H groups in total. The number of carbonyl (C=O) groups excluding carboxylic acids is 3. The van der Waals surface area contributed by atoms with E-state index in [1.165, 1.54) is 0 Å². The van der Waals surface area contributed by atoms with Gasteiger partial charge in [-0.1, -0.05) is 78.9 Å². The summed E-state index contributed by atoms with van der Waals surface area (Å²) in [4.78, 5) is 38.5. The Labute approximate surface area is 241 Å². The first-order valence-electron chi connectivity index (χ1n) is 14.4. The van der Waals surface area contributed by atoms with E-state index in [4.69, 9.17) is 14.6 Å². The summed E-state index contributed by atoms with van der Waals surface area (Å²) < 4.78 is 11.2. The fraction of sp³-hybridized carbons (Fsp3) is 0.382. The van der Waals surface area contributed by atoms with E-state index in [2.05, 4.69) is 29.6 Å². The first-order valence-corrected chi connectivity index (χ1v) is 14.4. The molecule has 0 aliphatic heterocycles. The number of ether oxygens (including phenoxy) is 2. The number of carbonyl (C=O) groups is 3. The zero-order valence-corrected chi connectivity index (χ0v) is 23.4. The van der Waals surface area contributed by atoms with E-state index < -0.39 is 11.9 Å². The van der Waals surface area contributed by atoms with Gasteiger partial charge in [0, 0.05) is 32.2 Å². The molecule has 41 heavy (non-hydrogen) atoms. The SMILES string of the molecule is O=C(CCCCOCCCO)CNC(=O)C(CC(=O)OCC1c2ccccc2-c2ccccc21)Cc1ccccc1. The third-order valence-corrected chi connectivity index (χ3v) is 7.38. The quantitative estimate of drug-likeness (QED) is 0.182. The maximum absolute atomic E-state index is 13.1. The van der Waals surface area contributed by atoms with Crippen molar-refractivity contribution in [1.82, 2.24) is 5.32 Å². The second-order valence-corrected chi connectivity index (χ2v) is 10.4. The van der Waals surface area contributed by atoms with Crippen molar-refractivity contribution in [3.05, 3.63) is 95.6 Å². The summed E-state index contributed by atoms with van der Waals surface area (Å²) in [6.07, 6.45) is 2.65. The fourth-order valence-electron chi connectivity index (χ4n) is 5.25. The van der Waals surface area contributed by atoms with Crippen LogP contribution in [0.3, 0.4) is 0 Å². The Morgan fingerprint density at radius 2 is 1.44 bits per heavy atom. The lowest BCUT2D eigenvalue weighted by Gasteiger charge is -2.18. The van der Waals surface area contributed by atoms with Crippen LogP contribution in [0.1, 0.15) is 54.7 Å². The highest BCUT2D eigenvalue weighted by molar-refractivity contribution is 5.89. The number of rotatable bonds is 17. The Morgan fingerprint density at radius 3 is 2.12 bits per heavy atom. The molecule has 0 bridgehead atoms. The molecule has 1 unspecified atom stereocenters. The topological polar surface area (TPSA) is 102 Å². The number of esters is 1. The van der Waals surface area contributed by atoms with E-state index in [1.807, 2.05) is 54.6 Å². The maximum atomic E-state index is 13.1. The molecule has 1 aliphatic rings. The highest BCUT2D eigenvalue weighted by Crippen LogP contribution is 2.44. The van der Waals surface area contributed by atoms with Crippen LogP contribution in [0.25, 0.3) is 11.1 Å². The Bertz CT molecular complexity index is 1250. The van der Waals surface area contributed by atoms with Crippen LogP contribution in [0, 0.1) is 5.92 Å². The van der Waals surface area contributed by atoms with Crippen molar-refractivity contribution in [2.24, 2.45) is 5.92 Å². The second-order valence-electron chi connectivity index (χ2n) is 10.4. The van der Waals surface area contributed by atoms with Crippen molar-refractivity contribution in [3.63, 3.8) is 0 Å². The van der Waals surface area contributed by atoms with Gasteiger partial charge < -0.3 is 19.9 Å². The zero-order chi connectivity index (χ0) is 28.9. The molecule has 0 saturated heterocycles. The van der Waals surface area contributed by atoms with Crippen molar-refractivity contribution in [3.8, 4) is 11.1 Å². The molecule has 1 amide bonds. The van der Waals surface area contributed by atoms with Crippen LogP contribution in [0.2, 0.25) is 0 Å². The van der Waals surface area contributed by atoms with E-state index >= 15 is 0 Å². The second kappa shape index (κ2) is 15.8. The van der Waals surface area contributed by atoms with Crippen molar-refractivity contribution >= 4 is 17.7 Å². The number of aliphatic hydroxyl groups excluding tert-OH is 1. The van der Waals surface area contributed by atoms with Crippen LogP contribution in [0.4, 0.5) is 0 Å². The molecular formula is C34H39NO6. The van der Waals surface area contributed by atoms with Crippen LogP contribution in [0.5, 0.6) is 0 Å². The predicted molar refractivity (Wildman–Crippen MR) is 157 cm³/mol. The number of nitrogens with one attached hydrogen (secondary N) is 1. The summed E-state index contributed by atoms with van der Waals surface area (Å²) in [5, 5.41) is 11.5. The summed E-state index contributed by atoms with van der Waals surface area (Å²) in [7, 11) is 0. The van der Waals surface area contributed by atoms with E-state index in [0.717, 1.165) is 34.2 Å². The van der Waals surface area contributed by atoms with Crippen molar-refractivity contribution < 1.29 is 29.0 Å². The van der Waals surface area contributed by atoms with Gasteiger partial charge in [0.2, 0.25) is 5.91 Å². The van der Waals surface area contributed by atoms with Gasteiger partial charge in [-0.25, -0.2) is 0 Å². The number of amides is 1. The highest BCUT2D eigenvalue weighted by atomic mass is 16.5. The standard InChI is InChI=1S/C34H39NO6/c36-18-10-20-40-19-9-8-13-27(37)23-35-34(39)26(21-25-11-2-1-3-12-25)22-33(38)41-24-32-30-16-6-4-14-28(30)29-15-5-7-17-31(29)32/h1-7,11-12,14-17,26,32,36H,8-10,13,18-24H2,(H,35,39). The number of ketones is 1. The average Bonchev–Trinajstić information content (AvgIpc) is 3.32. The van der Waals surface area contributed by atoms with Crippen LogP contribution < -0.4 is 5.32 Å². The first kappa shape index (κ1) is 30.2. The summed E-state index contributed by atoms with van der Waals surface area (Å²) >= 11 is 0. The summed E-state index contributed by atoms with van der Waals surface area (Å²) in [6.45, 7) is 1.28. The van der Waals surface area contributed by atoms with Crippen molar-refractivity contribution in [1.29, 1.82) is 0 Å².